The maximum Gasteiger partial charge on any atom is 0.0528 e. The average molecular weight is 73.9 g/mol. The maximum absolute atomic E-state index is 4.69. The minimum Gasteiger partial charge on any atom is -0.372 e. The van der Waals surface area contributed by atoms with Crippen LogP contribution in [0.3, 0.4) is 0 Å². The summed E-state index contributed by atoms with van der Waals surface area (Å²) in [5, 5.41) is 0. The van der Waals surface area contributed by atoms with Gasteiger partial charge in [-0.1, -0.05) is 0 Å². The van der Waals surface area contributed by atoms with Crippen LogP contribution in [0.5, 0.6) is 0 Å². The summed E-state index contributed by atoms with van der Waals surface area (Å²) < 4.78 is 0. The van der Waals surface area contributed by atoms with E-state index in [1.54, 1.807) is 7.11 Å². The first-order valence-corrected chi connectivity index (χ1v) is 1.04. The largest absolute Gasteiger partial charge is 0.372 e. The van der Waals surface area contributed by atoms with E-state index in [0.717, 1.165) is 0 Å². The molecule has 0 saturated carbocycles. The third-order valence-electron chi connectivity index (χ3n) is 0.183. The van der Waals surface area contributed by atoms with Crippen LogP contribution < -0.4 is 0 Å². The number of nitrogens with zero attached hydrogens (tertiary/aromatic N) is 1. The number of hydroxylamine groups is 1. The van der Waals surface area contributed by atoms with Crippen LogP contribution in [0.2, 0.25) is 0 Å². The first kappa shape index (κ1) is 4.98. The number of hydrogen-bond donors (Lipinski definition) is 0. The van der Waals surface area contributed by atoms with E-state index >= 15 is 0 Å². The van der Waals surface area contributed by atoms with Crippen molar-refractivity contribution >= 4 is 7.98 Å². The van der Waals surface area contributed by atoms with Gasteiger partial charge in [0.25, 0.3) is 0 Å². The van der Waals surface area contributed by atoms with E-state index in [4.69, 9.17) is 4.84 Å². The Balaban J connectivity index is 2.54. The van der Waals surface area contributed by atoms with Gasteiger partial charge in [-0.2, -0.15) is 0 Å². The standard InChI is InChI=1S/C2H9BNO/c1-4(3)5-2/h1-3H3/q-1. The molecule has 0 N–H and O–H groups in total. The first-order valence-electron chi connectivity index (χ1n) is 1.04. The molecular weight excluding hydrogens is 64.8 g/mol. The van der Waals surface area contributed by atoms with Crippen LogP contribution in [-0.4, -0.2) is 27.1 Å². The SMILES string of the molecule is [BH3-]N(C)OC. The fraction of sp³-hybridized carbons (Fsp3) is 1.00. The molecule has 0 radical (unpaired) electrons. The molecule has 0 aromatic carbocycles. The van der Waals surface area contributed by atoms with E-state index in [9.17, 15) is 0 Å². The van der Waals surface area contributed by atoms with Gasteiger partial charge in [0.1, 0.15) is 0 Å². The van der Waals surface area contributed by atoms with Crippen molar-refractivity contribution in [2.24, 2.45) is 0 Å². The molecule has 0 aromatic heterocycles. The highest BCUT2D eigenvalue weighted by Gasteiger charge is 1.62. The van der Waals surface area contributed by atoms with Crippen molar-refractivity contribution in [2.45, 2.75) is 0 Å². The molecule has 0 fully saturated rings. The number of hydrogen-bond acceptors (Lipinski definition) is 2. The van der Waals surface area contributed by atoms with Crippen molar-refractivity contribution in [3.8, 4) is 0 Å². The summed E-state index contributed by atoms with van der Waals surface area (Å²) in [5.41, 5.74) is 0. The summed E-state index contributed by atoms with van der Waals surface area (Å²) >= 11 is 0. The van der Waals surface area contributed by atoms with Crippen molar-refractivity contribution in [3.05, 3.63) is 0 Å². The van der Waals surface area contributed by atoms with Gasteiger partial charge >= 0.3 is 0 Å². The molecule has 0 saturated heterocycles. The zero-order chi connectivity index (χ0) is 4.28. The molecule has 3 heteroatoms. The molecular formula is C2H9BNO-. The lowest BCUT2D eigenvalue weighted by molar-refractivity contribution is -0.0251. The van der Waals surface area contributed by atoms with Crippen molar-refractivity contribution in [2.75, 3.05) is 14.2 Å². The van der Waals surface area contributed by atoms with Crippen LogP contribution in [0.15, 0.2) is 0 Å². The average Bonchev–Trinajstić information content (AvgIpc) is 1.38. The molecule has 0 aliphatic rings. The maximum atomic E-state index is 4.69. The Labute approximate surface area is 33.1 Å². The van der Waals surface area contributed by atoms with Crippen molar-refractivity contribution in [1.29, 1.82) is 0 Å². The van der Waals surface area contributed by atoms with E-state index in [0.29, 0.717) is 7.98 Å². The third-order valence-corrected chi connectivity index (χ3v) is 0.183. The minimum absolute atomic E-state index is 0.299. The molecule has 5 heavy (non-hydrogen) atoms. The zero-order valence-corrected chi connectivity index (χ0v) is 2.86. The fourth-order valence-electron chi connectivity index (χ4n) is 0. The smallest absolute Gasteiger partial charge is 0.0528 e. The molecule has 0 aromatic rings. The monoisotopic (exact) mass is 74.1 g/mol. The van der Waals surface area contributed by atoms with E-state index < -0.39 is 0 Å². The Morgan fingerprint density at radius 1 is 1.80 bits per heavy atom. The normalized spacial score (nSPS) is 9.60. The zero-order valence-electron chi connectivity index (χ0n) is 2.86. The lowest BCUT2D eigenvalue weighted by Gasteiger charge is -2.10. The molecule has 0 unspecified atom stereocenters. The molecule has 0 spiro atoms. The molecule has 0 amide bonds. The summed E-state index contributed by atoms with van der Waals surface area (Å²) in [6, 6.07) is 0. The molecule has 0 aliphatic carbocycles. The van der Waals surface area contributed by atoms with E-state index in [2.05, 4.69) is 0 Å². The van der Waals surface area contributed by atoms with E-state index in [-0.39, 0.29) is 0 Å². The summed E-state index contributed by atoms with van der Waals surface area (Å²) in [7, 11) is 3.93. The summed E-state index contributed by atoms with van der Waals surface area (Å²) in [4.78, 5) is 6.57. The van der Waals surface area contributed by atoms with Crippen molar-refractivity contribution in [1.82, 2.24) is 4.97 Å². The molecule has 0 bridgehead atoms. The van der Waals surface area contributed by atoms with Crippen LogP contribution in [0.25, 0.3) is 0 Å². The van der Waals surface area contributed by atoms with E-state index in [1.165, 1.54) is 0 Å². The highest BCUT2D eigenvalue weighted by atomic mass is 16.7. The summed E-state index contributed by atoms with van der Waals surface area (Å²) in [6.07, 6.45) is 0. The Kier molecular flexibility index (Phi) is 2.23. The Morgan fingerprint density at radius 2 is 2.00 bits per heavy atom. The summed E-state index contributed by atoms with van der Waals surface area (Å²) in [6.45, 7) is 0. The van der Waals surface area contributed by atoms with Gasteiger partial charge in [-0.05, 0) is 7.05 Å². The van der Waals surface area contributed by atoms with Crippen LogP contribution in [0.4, 0.5) is 0 Å². The van der Waals surface area contributed by atoms with Gasteiger partial charge in [0.05, 0.1) is 7.11 Å². The molecule has 0 aliphatic heterocycles. The van der Waals surface area contributed by atoms with Gasteiger partial charge in [-0.25, -0.2) is 0 Å². The topological polar surface area (TPSA) is 12.5 Å². The van der Waals surface area contributed by atoms with E-state index in [1.807, 2.05) is 12.0 Å². The van der Waals surface area contributed by atoms with Crippen LogP contribution in [0, 0.1) is 0 Å². The van der Waals surface area contributed by atoms with Crippen molar-refractivity contribution in [3.63, 3.8) is 0 Å². The molecule has 0 atom stereocenters. The third kappa shape index (κ3) is 3.98. The van der Waals surface area contributed by atoms with Gasteiger partial charge in [0.15, 0.2) is 0 Å². The summed E-state index contributed by atoms with van der Waals surface area (Å²) in [5.74, 6) is 0. The predicted molar refractivity (Wildman–Crippen MR) is 24.7 cm³/mol. The second-order valence-corrected chi connectivity index (χ2v) is 0.365. The highest BCUT2D eigenvalue weighted by molar-refractivity contribution is 6.03. The van der Waals surface area contributed by atoms with Gasteiger partial charge < -0.3 is 9.81 Å². The molecule has 0 heterocycles. The van der Waals surface area contributed by atoms with Gasteiger partial charge in [-0.3, -0.25) is 0 Å². The lowest BCUT2D eigenvalue weighted by Crippen LogP contribution is -2.10. The molecule has 0 rings (SSSR count). The second kappa shape index (κ2) is 2.24. The number of rotatable bonds is 1. The Hall–Kier alpha value is -0.0151. The van der Waals surface area contributed by atoms with Gasteiger partial charge in [0.2, 0.25) is 0 Å². The Bertz CT molecular complexity index is 23.6. The Morgan fingerprint density at radius 3 is 2.00 bits per heavy atom. The van der Waals surface area contributed by atoms with Gasteiger partial charge in [0, 0.05) is 7.98 Å². The molecule has 32 valence electrons. The minimum atomic E-state index is 0.299. The van der Waals surface area contributed by atoms with Crippen molar-refractivity contribution < 1.29 is 4.84 Å². The quantitative estimate of drug-likeness (QED) is 0.285. The van der Waals surface area contributed by atoms with Crippen LogP contribution in [0.1, 0.15) is 0 Å². The fourth-order valence-corrected chi connectivity index (χ4v) is 0. The lowest BCUT2D eigenvalue weighted by atomic mass is 10.4. The predicted octanol–water partition coefficient (Wildman–Crippen LogP) is -1.24. The molecule has 2 nitrogen and oxygen atoms in total. The highest BCUT2D eigenvalue weighted by Crippen LogP contribution is 1.62. The second-order valence-electron chi connectivity index (χ2n) is 0.365. The van der Waals surface area contributed by atoms with Crippen LogP contribution in [-0.2, 0) is 4.84 Å². The first-order chi connectivity index (χ1) is 2.27. The van der Waals surface area contributed by atoms with Gasteiger partial charge in [-0.15, -0.1) is 0 Å². The van der Waals surface area contributed by atoms with Crippen LogP contribution >= 0.6 is 0 Å².